The normalized spacial score (nSPS) is 16.2. The maximum atomic E-state index is 13.5. The Balaban J connectivity index is 1.39. The molecule has 5 rings (SSSR count). The van der Waals surface area contributed by atoms with Crippen molar-refractivity contribution in [3.05, 3.63) is 93.4 Å². The minimum absolute atomic E-state index is 0.0134. The summed E-state index contributed by atoms with van der Waals surface area (Å²) in [4.78, 5) is 22.7. The molecule has 0 bridgehead atoms. The Hall–Kier alpha value is -3.38. The second-order valence-electron chi connectivity index (χ2n) is 9.45. The second kappa shape index (κ2) is 9.34. The third-order valence-corrected chi connectivity index (χ3v) is 7.41. The molecule has 3 heterocycles. The third-order valence-electron chi connectivity index (χ3n) is 7.04. The van der Waals surface area contributed by atoms with E-state index in [1.54, 1.807) is 10.7 Å². The van der Waals surface area contributed by atoms with E-state index in [2.05, 4.69) is 48.1 Å². The molecule has 0 spiro atoms. The minimum Gasteiger partial charge on any atom is -0.365 e. The first-order valence-corrected chi connectivity index (χ1v) is 12.4. The maximum Gasteiger partial charge on any atom is 0.259 e. The van der Waals surface area contributed by atoms with E-state index in [1.807, 2.05) is 43.0 Å². The smallest absolute Gasteiger partial charge is 0.259 e. The number of anilines is 1. The van der Waals surface area contributed by atoms with Gasteiger partial charge in [0.1, 0.15) is 5.56 Å². The van der Waals surface area contributed by atoms with E-state index < -0.39 is 0 Å². The van der Waals surface area contributed by atoms with Crippen LogP contribution >= 0.6 is 11.6 Å². The number of halogens is 1. The molecule has 2 aromatic carbocycles. The van der Waals surface area contributed by atoms with Crippen molar-refractivity contribution in [1.82, 2.24) is 19.5 Å². The van der Waals surface area contributed by atoms with Crippen molar-refractivity contribution in [2.75, 3.05) is 24.5 Å². The Morgan fingerprint density at radius 3 is 2.51 bits per heavy atom. The van der Waals surface area contributed by atoms with Gasteiger partial charge in [-0.15, -0.1) is 0 Å². The van der Waals surface area contributed by atoms with Crippen LogP contribution in [0.3, 0.4) is 0 Å². The molecule has 180 valence electrons. The summed E-state index contributed by atoms with van der Waals surface area (Å²) < 4.78 is 1.79. The molecule has 4 aromatic rings. The molecule has 35 heavy (non-hydrogen) atoms. The van der Waals surface area contributed by atoms with Gasteiger partial charge in [-0.05, 0) is 57.0 Å². The van der Waals surface area contributed by atoms with Gasteiger partial charge < -0.3 is 9.80 Å². The van der Waals surface area contributed by atoms with Gasteiger partial charge in [-0.2, -0.15) is 5.10 Å². The molecule has 1 saturated heterocycles. The lowest BCUT2D eigenvalue weighted by Crippen LogP contribution is -2.53. The van der Waals surface area contributed by atoms with Gasteiger partial charge in [-0.25, -0.2) is 9.50 Å². The van der Waals surface area contributed by atoms with Gasteiger partial charge in [-0.1, -0.05) is 47.5 Å². The van der Waals surface area contributed by atoms with E-state index in [4.69, 9.17) is 16.6 Å². The summed E-state index contributed by atoms with van der Waals surface area (Å²) in [6.07, 6.45) is 2.33. The van der Waals surface area contributed by atoms with Gasteiger partial charge in [-0.3, -0.25) is 4.79 Å². The Labute approximate surface area is 211 Å². The number of benzene rings is 2. The molecule has 0 saturated carbocycles. The SMILES string of the molecule is Cc1ccc(N2CCN(C(=O)c3cnn4c(C)c(Cc5ccccc5Cl)c(C)nc34)CC2C)cc1. The molecule has 0 N–H and O–H groups in total. The monoisotopic (exact) mass is 487 g/mol. The molecule has 6 nitrogen and oxygen atoms in total. The predicted octanol–water partition coefficient (Wildman–Crippen LogP) is 5.25. The number of rotatable bonds is 4. The molecule has 1 aliphatic rings. The first-order chi connectivity index (χ1) is 16.8. The van der Waals surface area contributed by atoms with Gasteiger partial charge in [0.15, 0.2) is 5.65 Å². The highest BCUT2D eigenvalue weighted by atomic mass is 35.5. The lowest BCUT2D eigenvalue weighted by molar-refractivity contribution is 0.0728. The topological polar surface area (TPSA) is 53.7 Å². The number of hydrogen-bond acceptors (Lipinski definition) is 4. The zero-order valence-electron chi connectivity index (χ0n) is 20.6. The van der Waals surface area contributed by atoms with Crippen LogP contribution in [0.5, 0.6) is 0 Å². The fourth-order valence-corrected chi connectivity index (χ4v) is 5.18. The molecular weight excluding hydrogens is 458 g/mol. The highest BCUT2D eigenvalue weighted by molar-refractivity contribution is 6.31. The van der Waals surface area contributed by atoms with Crippen molar-refractivity contribution < 1.29 is 4.79 Å². The number of hydrogen-bond donors (Lipinski definition) is 0. The van der Waals surface area contributed by atoms with E-state index in [9.17, 15) is 4.79 Å². The van der Waals surface area contributed by atoms with Crippen molar-refractivity contribution in [3.8, 4) is 0 Å². The Morgan fingerprint density at radius 2 is 1.80 bits per heavy atom. The number of carbonyl (C=O) groups excluding carboxylic acids is 1. The van der Waals surface area contributed by atoms with Crippen LogP contribution in [0.4, 0.5) is 5.69 Å². The molecule has 2 aromatic heterocycles. The van der Waals surface area contributed by atoms with Crippen LogP contribution in [0, 0.1) is 20.8 Å². The lowest BCUT2D eigenvalue weighted by atomic mass is 10.0. The quantitative estimate of drug-likeness (QED) is 0.394. The van der Waals surface area contributed by atoms with Crippen LogP contribution in [-0.4, -0.2) is 51.1 Å². The summed E-state index contributed by atoms with van der Waals surface area (Å²) in [5.41, 5.74) is 7.60. The fraction of sp³-hybridized carbons (Fsp3) is 0.321. The van der Waals surface area contributed by atoms with Crippen molar-refractivity contribution in [2.24, 2.45) is 0 Å². The first kappa shape index (κ1) is 23.4. The van der Waals surface area contributed by atoms with Crippen molar-refractivity contribution >= 4 is 28.8 Å². The van der Waals surface area contributed by atoms with E-state index in [1.165, 1.54) is 11.3 Å². The molecule has 7 heteroatoms. The summed E-state index contributed by atoms with van der Waals surface area (Å²) in [7, 11) is 0. The van der Waals surface area contributed by atoms with Crippen LogP contribution < -0.4 is 4.90 Å². The van der Waals surface area contributed by atoms with Gasteiger partial charge in [0.05, 0.1) is 6.20 Å². The molecule has 0 radical (unpaired) electrons. The number of nitrogens with zero attached hydrogens (tertiary/aromatic N) is 5. The summed E-state index contributed by atoms with van der Waals surface area (Å²) in [6, 6.07) is 16.6. The predicted molar refractivity (Wildman–Crippen MR) is 141 cm³/mol. The zero-order chi connectivity index (χ0) is 24.7. The molecule has 1 aliphatic heterocycles. The Bertz CT molecular complexity index is 1390. The van der Waals surface area contributed by atoms with E-state index in [0.717, 1.165) is 34.1 Å². The highest BCUT2D eigenvalue weighted by Gasteiger charge is 2.30. The standard InChI is InChI=1S/C28H30ClN5O/c1-18-9-11-23(12-10-18)33-14-13-32(17-19(33)2)28(35)25-16-30-34-21(4)24(20(3)31-27(25)34)15-22-7-5-6-8-26(22)29/h5-12,16,19H,13-15,17H2,1-4H3. The van der Waals surface area contributed by atoms with Crippen LogP contribution in [0.25, 0.3) is 5.65 Å². The second-order valence-corrected chi connectivity index (χ2v) is 9.86. The van der Waals surface area contributed by atoms with Crippen molar-refractivity contribution in [2.45, 2.75) is 40.2 Å². The minimum atomic E-state index is -0.0134. The van der Waals surface area contributed by atoms with Crippen LogP contribution in [0.1, 0.15) is 45.4 Å². The summed E-state index contributed by atoms with van der Waals surface area (Å²) in [5, 5.41) is 5.29. The fourth-order valence-electron chi connectivity index (χ4n) is 4.98. The number of carbonyl (C=O) groups is 1. The van der Waals surface area contributed by atoms with E-state index in [-0.39, 0.29) is 11.9 Å². The Morgan fingerprint density at radius 1 is 1.06 bits per heavy atom. The first-order valence-electron chi connectivity index (χ1n) is 12.0. The summed E-state index contributed by atoms with van der Waals surface area (Å²) >= 11 is 6.40. The van der Waals surface area contributed by atoms with Crippen molar-refractivity contribution in [1.29, 1.82) is 0 Å². The van der Waals surface area contributed by atoms with Gasteiger partial charge in [0, 0.05) is 54.2 Å². The molecule has 0 aliphatic carbocycles. The maximum absolute atomic E-state index is 13.5. The number of amides is 1. The summed E-state index contributed by atoms with van der Waals surface area (Å²) in [5.74, 6) is -0.0134. The molecular formula is C28H30ClN5O. The summed E-state index contributed by atoms with van der Waals surface area (Å²) in [6.45, 7) is 10.4. The number of aryl methyl sites for hydroxylation is 3. The molecule has 1 unspecified atom stereocenters. The van der Waals surface area contributed by atoms with Crippen molar-refractivity contribution in [3.63, 3.8) is 0 Å². The van der Waals surface area contributed by atoms with Crippen LogP contribution in [0.2, 0.25) is 5.02 Å². The molecule has 1 amide bonds. The van der Waals surface area contributed by atoms with Gasteiger partial charge in [0.2, 0.25) is 0 Å². The number of fused-ring (bicyclic) bond motifs is 1. The van der Waals surface area contributed by atoms with Crippen LogP contribution in [0.15, 0.2) is 54.7 Å². The highest BCUT2D eigenvalue weighted by Crippen LogP contribution is 2.26. The van der Waals surface area contributed by atoms with Gasteiger partial charge in [0.25, 0.3) is 5.91 Å². The van der Waals surface area contributed by atoms with Gasteiger partial charge >= 0.3 is 0 Å². The number of aromatic nitrogens is 3. The average molecular weight is 488 g/mol. The lowest BCUT2D eigenvalue weighted by Gasteiger charge is -2.41. The Kier molecular flexibility index (Phi) is 6.24. The van der Waals surface area contributed by atoms with Crippen LogP contribution in [-0.2, 0) is 6.42 Å². The van der Waals surface area contributed by atoms with E-state index in [0.29, 0.717) is 30.7 Å². The number of piperazine rings is 1. The van der Waals surface area contributed by atoms with E-state index >= 15 is 0 Å². The average Bonchev–Trinajstić information content (AvgIpc) is 3.27. The zero-order valence-corrected chi connectivity index (χ0v) is 21.4. The molecule has 1 atom stereocenters. The molecule has 1 fully saturated rings. The third kappa shape index (κ3) is 4.39. The largest absolute Gasteiger partial charge is 0.365 e.